The van der Waals surface area contributed by atoms with Crippen molar-refractivity contribution in [1.82, 2.24) is 9.88 Å². The summed E-state index contributed by atoms with van der Waals surface area (Å²) in [5, 5.41) is 8.79. The average molecular weight is 298 g/mol. The number of aromatic nitrogens is 1. The highest BCUT2D eigenvalue weighted by Gasteiger charge is 2.29. The maximum Gasteiger partial charge on any atom is 0.225 e. The van der Waals surface area contributed by atoms with E-state index >= 15 is 0 Å². The molecular formula is C17H22N4O. The standard InChI is InChI=1S/C17H22N4O/c18-12-15-4-5-16(13-19-15)20-10-6-14(7-11-20)17(22)21-8-2-1-3-9-21/h4-5,13-14H,1-3,6-11H2. The Morgan fingerprint density at radius 2 is 1.86 bits per heavy atom. The molecule has 0 radical (unpaired) electrons. The summed E-state index contributed by atoms with van der Waals surface area (Å²) in [6.07, 6.45) is 7.15. The molecule has 2 saturated heterocycles. The molecule has 0 aromatic carbocycles. The highest BCUT2D eigenvalue weighted by atomic mass is 16.2. The molecule has 1 amide bonds. The quantitative estimate of drug-likeness (QED) is 0.839. The minimum atomic E-state index is 0.181. The number of carbonyl (C=O) groups is 1. The lowest BCUT2D eigenvalue weighted by Crippen LogP contribution is -2.44. The SMILES string of the molecule is N#Cc1ccc(N2CCC(C(=O)N3CCCCC3)CC2)cn1. The molecule has 0 saturated carbocycles. The van der Waals surface area contributed by atoms with Gasteiger partial charge < -0.3 is 9.80 Å². The van der Waals surface area contributed by atoms with Crippen molar-refractivity contribution in [3.8, 4) is 6.07 Å². The van der Waals surface area contributed by atoms with E-state index in [0.29, 0.717) is 11.6 Å². The normalized spacial score (nSPS) is 19.8. The Kier molecular flexibility index (Phi) is 4.57. The van der Waals surface area contributed by atoms with Gasteiger partial charge in [-0.15, -0.1) is 0 Å². The summed E-state index contributed by atoms with van der Waals surface area (Å²) in [6, 6.07) is 5.73. The van der Waals surface area contributed by atoms with Crippen molar-refractivity contribution < 1.29 is 4.79 Å². The number of anilines is 1. The van der Waals surface area contributed by atoms with Crippen molar-refractivity contribution in [2.45, 2.75) is 32.1 Å². The molecule has 0 aliphatic carbocycles. The zero-order valence-electron chi connectivity index (χ0n) is 12.9. The summed E-state index contributed by atoms with van der Waals surface area (Å²) in [5.41, 5.74) is 1.49. The number of rotatable bonds is 2. The third-order valence-corrected chi connectivity index (χ3v) is 4.74. The van der Waals surface area contributed by atoms with E-state index in [1.807, 2.05) is 12.1 Å². The summed E-state index contributed by atoms with van der Waals surface area (Å²) in [5.74, 6) is 0.540. The number of nitrogens with zero attached hydrogens (tertiary/aromatic N) is 4. The van der Waals surface area contributed by atoms with Crippen molar-refractivity contribution in [2.75, 3.05) is 31.1 Å². The van der Waals surface area contributed by atoms with Gasteiger partial charge in [-0.25, -0.2) is 4.98 Å². The Hall–Kier alpha value is -2.09. The van der Waals surface area contributed by atoms with Crippen molar-refractivity contribution in [1.29, 1.82) is 5.26 Å². The van der Waals surface area contributed by atoms with Gasteiger partial charge in [0.05, 0.1) is 11.9 Å². The predicted octanol–water partition coefficient (Wildman–Crippen LogP) is 2.18. The number of likely N-dealkylation sites (tertiary alicyclic amines) is 1. The van der Waals surface area contributed by atoms with Crippen LogP contribution in [0.15, 0.2) is 18.3 Å². The second-order valence-electron chi connectivity index (χ2n) is 6.16. The zero-order valence-corrected chi connectivity index (χ0v) is 12.9. The Bertz CT molecular complexity index is 549. The largest absolute Gasteiger partial charge is 0.370 e. The number of pyridine rings is 1. The van der Waals surface area contributed by atoms with Crippen LogP contribution in [0.4, 0.5) is 5.69 Å². The number of nitriles is 1. The Balaban J connectivity index is 1.55. The van der Waals surface area contributed by atoms with Crippen LogP contribution < -0.4 is 4.90 Å². The molecule has 1 aromatic heterocycles. The van der Waals surface area contributed by atoms with Crippen LogP contribution in [-0.2, 0) is 4.79 Å². The van der Waals surface area contributed by atoms with Gasteiger partial charge in [0, 0.05) is 32.1 Å². The molecule has 5 heteroatoms. The first kappa shape index (κ1) is 14.8. The van der Waals surface area contributed by atoms with Gasteiger partial charge >= 0.3 is 0 Å². The van der Waals surface area contributed by atoms with Gasteiger partial charge in [-0.1, -0.05) is 0 Å². The van der Waals surface area contributed by atoms with Crippen LogP contribution in [0.3, 0.4) is 0 Å². The lowest BCUT2D eigenvalue weighted by atomic mass is 9.94. The topological polar surface area (TPSA) is 60.2 Å². The van der Waals surface area contributed by atoms with Gasteiger partial charge in [0.15, 0.2) is 0 Å². The summed E-state index contributed by atoms with van der Waals surface area (Å²) in [4.78, 5) is 21.0. The van der Waals surface area contributed by atoms with E-state index < -0.39 is 0 Å². The van der Waals surface area contributed by atoms with Crippen LogP contribution in [-0.4, -0.2) is 42.0 Å². The number of hydrogen-bond donors (Lipinski definition) is 0. The van der Waals surface area contributed by atoms with E-state index in [-0.39, 0.29) is 5.92 Å². The lowest BCUT2D eigenvalue weighted by molar-refractivity contribution is -0.137. The van der Waals surface area contributed by atoms with Crippen LogP contribution in [0.2, 0.25) is 0 Å². The van der Waals surface area contributed by atoms with Crippen molar-refractivity contribution in [2.24, 2.45) is 5.92 Å². The Labute approximate surface area is 131 Å². The van der Waals surface area contributed by atoms with E-state index in [2.05, 4.69) is 14.8 Å². The maximum absolute atomic E-state index is 12.5. The van der Waals surface area contributed by atoms with Crippen molar-refractivity contribution in [3.63, 3.8) is 0 Å². The molecule has 2 aliphatic rings. The van der Waals surface area contributed by atoms with E-state index in [0.717, 1.165) is 57.5 Å². The molecular weight excluding hydrogens is 276 g/mol. The molecule has 0 atom stereocenters. The predicted molar refractivity (Wildman–Crippen MR) is 84.3 cm³/mol. The van der Waals surface area contributed by atoms with Gasteiger partial charge in [0.2, 0.25) is 5.91 Å². The monoisotopic (exact) mass is 298 g/mol. The summed E-state index contributed by atoms with van der Waals surface area (Å²) in [6.45, 7) is 3.66. The summed E-state index contributed by atoms with van der Waals surface area (Å²) < 4.78 is 0. The van der Waals surface area contributed by atoms with Gasteiger partial charge in [-0.2, -0.15) is 5.26 Å². The van der Waals surface area contributed by atoms with Gasteiger partial charge in [-0.3, -0.25) is 4.79 Å². The number of hydrogen-bond acceptors (Lipinski definition) is 4. The van der Waals surface area contributed by atoms with Crippen LogP contribution >= 0.6 is 0 Å². The minimum Gasteiger partial charge on any atom is -0.370 e. The molecule has 3 rings (SSSR count). The van der Waals surface area contributed by atoms with E-state index in [4.69, 9.17) is 5.26 Å². The zero-order chi connectivity index (χ0) is 15.4. The van der Waals surface area contributed by atoms with Crippen molar-refractivity contribution in [3.05, 3.63) is 24.0 Å². The molecule has 5 nitrogen and oxygen atoms in total. The number of amides is 1. The molecule has 0 unspecified atom stereocenters. The Morgan fingerprint density at radius 3 is 2.45 bits per heavy atom. The fourth-order valence-electron chi connectivity index (χ4n) is 3.40. The minimum absolute atomic E-state index is 0.181. The highest BCUT2D eigenvalue weighted by molar-refractivity contribution is 5.79. The van der Waals surface area contributed by atoms with Crippen LogP contribution in [0.1, 0.15) is 37.8 Å². The van der Waals surface area contributed by atoms with Gasteiger partial charge in [-0.05, 0) is 44.2 Å². The molecule has 1 aromatic rings. The molecule has 22 heavy (non-hydrogen) atoms. The smallest absolute Gasteiger partial charge is 0.225 e. The second-order valence-corrected chi connectivity index (χ2v) is 6.16. The van der Waals surface area contributed by atoms with E-state index in [1.165, 1.54) is 6.42 Å². The summed E-state index contributed by atoms with van der Waals surface area (Å²) >= 11 is 0. The third kappa shape index (κ3) is 3.22. The van der Waals surface area contributed by atoms with Crippen LogP contribution in [0.25, 0.3) is 0 Å². The van der Waals surface area contributed by atoms with Crippen LogP contribution in [0.5, 0.6) is 0 Å². The van der Waals surface area contributed by atoms with Crippen LogP contribution in [0, 0.1) is 17.2 Å². The first-order chi connectivity index (χ1) is 10.8. The lowest BCUT2D eigenvalue weighted by Gasteiger charge is -2.36. The summed E-state index contributed by atoms with van der Waals surface area (Å²) in [7, 11) is 0. The molecule has 2 aliphatic heterocycles. The maximum atomic E-state index is 12.5. The van der Waals surface area contributed by atoms with Gasteiger partial charge in [0.25, 0.3) is 0 Å². The number of carbonyl (C=O) groups excluding carboxylic acids is 1. The fourth-order valence-corrected chi connectivity index (χ4v) is 3.40. The average Bonchev–Trinajstić information content (AvgIpc) is 2.62. The Morgan fingerprint density at radius 1 is 1.14 bits per heavy atom. The first-order valence-electron chi connectivity index (χ1n) is 8.18. The molecule has 0 spiro atoms. The van der Waals surface area contributed by atoms with E-state index in [1.54, 1.807) is 12.3 Å². The number of piperidine rings is 2. The first-order valence-corrected chi connectivity index (χ1v) is 8.18. The molecule has 3 heterocycles. The molecule has 116 valence electrons. The second kappa shape index (κ2) is 6.78. The van der Waals surface area contributed by atoms with Gasteiger partial charge in [0.1, 0.15) is 11.8 Å². The highest BCUT2D eigenvalue weighted by Crippen LogP contribution is 2.25. The van der Waals surface area contributed by atoms with E-state index in [9.17, 15) is 4.79 Å². The molecule has 2 fully saturated rings. The van der Waals surface area contributed by atoms with Crippen molar-refractivity contribution >= 4 is 11.6 Å². The third-order valence-electron chi connectivity index (χ3n) is 4.74. The molecule has 0 bridgehead atoms. The molecule has 0 N–H and O–H groups in total. The fraction of sp³-hybridized carbons (Fsp3) is 0.588.